The molecule has 0 saturated heterocycles. The van der Waals surface area contributed by atoms with Crippen LogP contribution in [0.25, 0.3) is 0 Å². The monoisotopic (exact) mass is 442 g/mol. The molecule has 3 N–H and O–H groups in total. The quantitative estimate of drug-likeness (QED) is 0.235. The molecule has 1 heterocycles. The van der Waals surface area contributed by atoms with E-state index in [1.54, 1.807) is 5.32 Å². The summed E-state index contributed by atoms with van der Waals surface area (Å²) in [5, 5.41) is 32.6. The Balaban J connectivity index is -0.000000270. The number of unbranched alkanes of at least 4 members (excludes halogenated alkanes) is 1. The Hall–Kier alpha value is -2.28. The van der Waals surface area contributed by atoms with E-state index in [4.69, 9.17) is 21.0 Å². The molecule has 1 rings (SSSR count). The summed E-state index contributed by atoms with van der Waals surface area (Å²) in [5.74, 6) is 0. The van der Waals surface area contributed by atoms with E-state index in [9.17, 15) is 0 Å². The molecule has 8 nitrogen and oxygen atoms in total. The molecule has 0 saturated carbocycles. The lowest BCUT2D eigenvalue weighted by Gasteiger charge is -1.90. The Morgan fingerprint density at radius 2 is 1.71 bits per heavy atom. The van der Waals surface area contributed by atoms with Gasteiger partial charge in [-0.3, -0.25) is 0 Å². The summed E-state index contributed by atoms with van der Waals surface area (Å²) in [6.07, 6.45) is 14.7. The molecule has 1 aromatic heterocycles. The van der Waals surface area contributed by atoms with Crippen LogP contribution < -0.4 is 15.2 Å². The highest BCUT2D eigenvalue weighted by Gasteiger charge is 1.96. The Kier molecular flexibility index (Phi) is 25.5. The molecule has 0 radical (unpaired) electrons. The Morgan fingerprint density at radius 1 is 1.21 bits per heavy atom. The standard InChI is InChI=1S/C8H15N2.C2H6BI.2C2HN3/c1-3-4-5-10-7-6-9(2)8-10;1-3(2)4;2*3-1-5-2-4/h6-8H,3-5H2,1-2H3;1-2H3;2*5H/q+1;;;/p+1. The molecule has 0 amide bonds. The summed E-state index contributed by atoms with van der Waals surface area (Å²) in [5.41, 5.74) is 0. The van der Waals surface area contributed by atoms with Crippen LogP contribution in [0.4, 0.5) is 0 Å². The van der Waals surface area contributed by atoms with Crippen LogP contribution in [0.15, 0.2) is 18.7 Å². The maximum absolute atomic E-state index is 7.54. The van der Waals surface area contributed by atoms with E-state index in [1.807, 2.05) is 7.05 Å². The Morgan fingerprint density at radius 3 is 1.92 bits per heavy atom. The van der Waals surface area contributed by atoms with Crippen molar-refractivity contribution in [2.75, 3.05) is 0 Å². The molecule has 0 aliphatic rings. The molecule has 0 unspecified atom stereocenters. The number of hydrogen-bond donors (Lipinski definition) is 2. The van der Waals surface area contributed by atoms with Crippen molar-refractivity contribution < 1.29 is 9.88 Å². The second-order valence-electron chi connectivity index (χ2n) is 4.44. The van der Waals surface area contributed by atoms with Gasteiger partial charge < -0.3 is 0 Å². The van der Waals surface area contributed by atoms with Gasteiger partial charge in [-0.2, -0.15) is 32.9 Å². The van der Waals surface area contributed by atoms with Crippen LogP contribution in [0.3, 0.4) is 0 Å². The summed E-state index contributed by atoms with van der Waals surface area (Å²) in [4.78, 5) is 0. The van der Waals surface area contributed by atoms with Crippen molar-refractivity contribution in [2.45, 2.75) is 40.0 Å². The fraction of sp³-hybridized carbons (Fsp3) is 0.500. The van der Waals surface area contributed by atoms with E-state index in [-0.39, 0.29) is 0 Å². The van der Waals surface area contributed by atoms with E-state index < -0.39 is 0 Å². The summed E-state index contributed by atoms with van der Waals surface area (Å²) < 4.78 is 5.08. The molecule has 0 fully saturated rings. The number of nitrogens with two attached hydrogens (primary N) is 1. The lowest BCUT2D eigenvalue weighted by molar-refractivity contribution is -0.671. The molecular formula is C14H24BIN8+2. The minimum absolute atomic E-state index is 0.803. The molecule has 0 aromatic carbocycles. The first-order valence-electron chi connectivity index (χ1n) is 7.18. The third kappa shape index (κ3) is 31.9. The number of rotatable bonds is 3. The molecule has 1 aromatic rings. The van der Waals surface area contributed by atoms with Gasteiger partial charge in [0.1, 0.15) is 12.4 Å². The van der Waals surface area contributed by atoms with Crippen molar-refractivity contribution in [1.82, 2.24) is 9.88 Å². The van der Waals surface area contributed by atoms with Crippen LogP contribution in [0.5, 0.6) is 0 Å². The molecule has 10 heteroatoms. The van der Waals surface area contributed by atoms with Gasteiger partial charge in [-0.15, -0.1) is 15.8 Å². The second-order valence-corrected chi connectivity index (χ2v) is 6.93. The minimum Gasteiger partial charge on any atom is -0.240 e. The largest absolute Gasteiger partial charge is 0.321 e. The van der Waals surface area contributed by atoms with Gasteiger partial charge in [-0.1, -0.05) is 27.0 Å². The number of nitriles is 4. The molecule has 0 aliphatic heterocycles. The number of quaternary nitrogens is 1. The van der Waals surface area contributed by atoms with E-state index in [0.717, 1.165) is 16.4 Å². The van der Waals surface area contributed by atoms with E-state index in [1.165, 1.54) is 37.6 Å². The maximum Gasteiger partial charge on any atom is 0.321 e. The smallest absolute Gasteiger partial charge is 0.240 e. The average Bonchev–Trinajstić information content (AvgIpc) is 2.93. The Labute approximate surface area is 158 Å². The minimum atomic E-state index is 0.803. The summed E-state index contributed by atoms with van der Waals surface area (Å²) in [7, 11) is 2.04. The zero-order valence-corrected chi connectivity index (χ0v) is 16.7. The molecule has 0 atom stereocenters. The van der Waals surface area contributed by atoms with Crippen molar-refractivity contribution in [2.24, 2.45) is 7.05 Å². The van der Waals surface area contributed by atoms with Gasteiger partial charge in [0, 0.05) is 0 Å². The lowest BCUT2D eigenvalue weighted by atomic mass is 9.87. The zero-order chi connectivity index (χ0) is 19.2. The van der Waals surface area contributed by atoms with Gasteiger partial charge in [0.25, 0.3) is 0 Å². The molecule has 24 heavy (non-hydrogen) atoms. The topological polar surface area (TPSA) is 133 Å². The average molecular weight is 442 g/mol. The Bertz CT molecular complexity index is 506. The van der Waals surface area contributed by atoms with Gasteiger partial charge in [0.05, 0.1) is 13.6 Å². The summed E-state index contributed by atoms with van der Waals surface area (Å²) >= 11 is 2.34. The van der Waals surface area contributed by atoms with Crippen molar-refractivity contribution >= 4 is 26.9 Å². The highest BCUT2D eigenvalue weighted by atomic mass is 127. The van der Waals surface area contributed by atoms with Crippen LogP contribution in [0, 0.1) is 45.8 Å². The van der Waals surface area contributed by atoms with Crippen LogP contribution >= 0.6 is 22.4 Å². The number of imidazole rings is 1. The molecule has 0 aliphatic carbocycles. The van der Waals surface area contributed by atoms with Gasteiger partial charge in [-0.05, 0) is 6.42 Å². The third-order valence-corrected chi connectivity index (χ3v) is 1.83. The predicted octanol–water partition coefficient (Wildman–Crippen LogP) is 0.835. The number of halogens is 1. The van der Waals surface area contributed by atoms with Crippen molar-refractivity contribution in [3.63, 3.8) is 0 Å². The molecular weight excluding hydrogens is 418 g/mol. The first kappa shape index (κ1) is 26.6. The van der Waals surface area contributed by atoms with E-state index in [2.05, 4.69) is 70.8 Å². The first-order valence-corrected chi connectivity index (χ1v) is 8.43. The third-order valence-electron chi connectivity index (χ3n) is 1.83. The fourth-order valence-electron chi connectivity index (χ4n) is 1.03. The fourth-order valence-corrected chi connectivity index (χ4v) is 1.03. The number of nitrogens with one attached hydrogen (secondary N) is 1. The SMILES string of the molecule is CB(C)I.CCCCn1cc[n+](C)c1.N#CNC#N.N#C[NH2+]C#N. The van der Waals surface area contributed by atoms with Crippen molar-refractivity contribution in [3.05, 3.63) is 18.7 Å². The lowest BCUT2D eigenvalue weighted by Crippen LogP contribution is -2.72. The molecule has 0 bridgehead atoms. The van der Waals surface area contributed by atoms with Gasteiger partial charge >= 0.3 is 12.4 Å². The summed E-state index contributed by atoms with van der Waals surface area (Å²) in [6.45, 7) is 7.67. The number of aromatic nitrogens is 2. The first-order chi connectivity index (χ1) is 11.4. The van der Waals surface area contributed by atoms with Crippen molar-refractivity contribution in [1.29, 1.82) is 21.0 Å². The highest BCUT2D eigenvalue weighted by Crippen LogP contribution is 1.91. The molecule has 128 valence electrons. The highest BCUT2D eigenvalue weighted by molar-refractivity contribution is 14.1. The van der Waals surface area contributed by atoms with Gasteiger partial charge in [-0.25, -0.2) is 14.5 Å². The predicted molar refractivity (Wildman–Crippen MR) is 99.5 cm³/mol. The van der Waals surface area contributed by atoms with Crippen LogP contribution in [-0.2, 0) is 13.6 Å². The second kappa shape index (κ2) is 23.0. The van der Waals surface area contributed by atoms with Crippen LogP contribution in [-0.4, -0.2) is 9.14 Å². The van der Waals surface area contributed by atoms with Gasteiger partial charge in [0.15, 0.2) is 12.4 Å². The number of hydrogen-bond acceptors (Lipinski definition) is 5. The zero-order valence-electron chi connectivity index (χ0n) is 14.6. The van der Waals surface area contributed by atoms with Crippen molar-refractivity contribution in [3.8, 4) is 24.8 Å². The summed E-state index contributed by atoms with van der Waals surface area (Å²) in [6, 6.07) is 0. The normalized spacial score (nSPS) is 7.04. The number of aryl methyl sites for hydroxylation is 2. The van der Waals surface area contributed by atoms with Gasteiger partial charge in [0.2, 0.25) is 10.9 Å². The maximum atomic E-state index is 7.54. The molecule has 0 spiro atoms. The van der Waals surface area contributed by atoms with Crippen LogP contribution in [0.2, 0.25) is 13.6 Å². The van der Waals surface area contributed by atoms with Crippen LogP contribution in [0.1, 0.15) is 19.8 Å². The van der Waals surface area contributed by atoms with E-state index >= 15 is 0 Å². The van der Waals surface area contributed by atoms with E-state index in [0.29, 0.717) is 0 Å². The number of nitrogens with zero attached hydrogens (tertiary/aromatic N) is 6.